The van der Waals surface area contributed by atoms with E-state index in [4.69, 9.17) is 5.11 Å². The largest absolute Gasteiger partial charge is 0.480 e. The zero-order valence-electron chi connectivity index (χ0n) is 9.52. The molecular weight excluding hydrogens is 210 g/mol. The van der Waals surface area contributed by atoms with E-state index in [0.717, 1.165) is 12.1 Å². The standard InChI is InChI=1S/C10H15N3O3/c1-4-7-5-8(13(3)12-7)9(14)11-6(2)10(15)16/h5-6H,4H2,1-3H3,(H,11,14)(H,15,16). The molecule has 0 bridgehead atoms. The smallest absolute Gasteiger partial charge is 0.325 e. The van der Waals surface area contributed by atoms with Crippen molar-refractivity contribution in [1.82, 2.24) is 15.1 Å². The number of carbonyl (C=O) groups is 2. The molecular formula is C10H15N3O3. The number of aliphatic carboxylic acids is 1. The summed E-state index contributed by atoms with van der Waals surface area (Å²) in [6.45, 7) is 3.35. The van der Waals surface area contributed by atoms with Crippen LogP contribution in [0.15, 0.2) is 6.07 Å². The van der Waals surface area contributed by atoms with Crippen molar-refractivity contribution in [2.24, 2.45) is 7.05 Å². The number of nitrogens with zero attached hydrogens (tertiary/aromatic N) is 2. The van der Waals surface area contributed by atoms with Gasteiger partial charge in [0.05, 0.1) is 5.69 Å². The van der Waals surface area contributed by atoms with E-state index in [1.807, 2.05) is 6.92 Å². The monoisotopic (exact) mass is 225 g/mol. The third-order valence-corrected chi connectivity index (χ3v) is 2.24. The zero-order chi connectivity index (χ0) is 12.3. The molecule has 88 valence electrons. The first-order valence-corrected chi connectivity index (χ1v) is 5.02. The summed E-state index contributed by atoms with van der Waals surface area (Å²) in [4.78, 5) is 22.2. The number of rotatable bonds is 4. The Bertz CT molecular complexity index is 411. The average Bonchev–Trinajstić information content (AvgIpc) is 2.59. The van der Waals surface area contributed by atoms with Gasteiger partial charge in [0.15, 0.2) is 0 Å². The highest BCUT2D eigenvalue weighted by Gasteiger charge is 2.18. The first-order chi connectivity index (χ1) is 7.45. The molecule has 0 saturated carbocycles. The molecule has 2 N–H and O–H groups in total. The van der Waals surface area contributed by atoms with Crippen LogP contribution in [0.25, 0.3) is 0 Å². The molecule has 1 rings (SSSR count). The van der Waals surface area contributed by atoms with Crippen molar-refractivity contribution in [3.8, 4) is 0 Å². The van der Waals surface area contributed by atoms with Crippen LogP contribution in [0.2, 0.25) is 0 Å². The first-order valence-electron chi connectivity index (χ1n) is 5.02. The lowest BCUT2D eigenvalue weighted by molar-refractivity contribution is -0.138. The molecule has 0 aromatic carbocycles. The third-order valence-electron chi connectivity index (χ3n) is 2.24. The van der Waals surface area contributed by atoms with E-state index in [0.29, 0.717) is 5.69 Å². The van der Waals surface area contributed by atoms with Crippen LogP contribution >= 0.6 is 0 Å². The number of amides is 1. The van der Waals surface area contributed by atoms with E-state index < -0.39 is 17.9 Å². The summed E-state index contributed by atoms with van der Waals surface area (Å²) in [5.74, 6) is -1.49. The summed E-state index contributed by atoms with van der Waals surface area (Å²) in [5, 5.41) is 15.1. The average molecular weight is 225 g/mol. The van der Waals surface area contributed by atoms with Gasteiger partial charge >= 0.3 is 5.97 Å². The summed E-state index contributed by atoms with van der Waals surface area (Å²) in [6.07, 6.45) is 0.732. The van der Waals surface area contributed by atoms with Crippen LogP contribution in [0.5, 0.6) is 0 Å². The van der Waals surface area contributed by atoms with Crippen LogP contribution in [-0.2, 0) is 18.3 Å². The Morgan fingerprint density at radius 3 is 2.69 bits per heavy atom. The molecule has 1 aromatic heterocycles. The SMILES string of the molecule is CCc1cc(C(=O)NC(C)C(=O)O)n(C)n1. The van der Waals surface area contributed by atoms with Gasteiger partial charge < -0.3 is 10.4 Å². The fourth-order valence-corrected chi connectivity index (χ4v) is 1.24. The fraction of sp³-hybridized carbons (Fsp3) is 0.500. The van der Waals surface area contributed by atoms with Crippen molar-refractivity contribution in [3.63, 3.8) is 0 Å². The number of carbonyl (C=O) groups excluding carboxylic acids is 1. The first kappa shape index (κ1) is 12.2. The summed E-state index contributed by atoms with van der Waals surface area (Å²) >= 11 is 0. The molecule has 1 atom stereocenters. The molecule has 0 radical (unpaired) electrons. The van der Waals surface area contributed by atoms with Crippen LogP contribution < -0.4 is 5.32 Å². The van der Waals surface area contributed by atoms with Gasteiger partial charge in [-0.1, -0.05) is 6.92 Å². The summed E-state index contributed by atoms with van der Waals surface area (Å²) in [6, 6.07) is 0.747. The van der Waals surface area contributed by atoms with Crippen LogP contribution in [0.3, 0.4) is 0 Å². The van der Waals surface area contributed by atoms with E-state index in [1.54, 1.807) is 13.1 Å². The third kappa shape index (κ3) is 2.59. The second kappa shape index (κ2) is 4.78. The Labute approximate surface area is 93.3 Å². The van der Waals surface area contributed by atoms with Gasteiger partial charge in [-0.15, -0.1) is 0 Å². The highest BCUT2D eigenvalue weighted by molar-refractivity contribution is 5.95. The normalized spacial score (nSPS) is 12.2. The lowest BCUT2D eigenvalue weighted by atomic mass is 10.2. The summed E-state index contributed by atoms with van der Waals surface area (Å²) in [7, 11) is 1.65. The van der Waals surface area contributed by atoms with Crippen LogP contribution in [0.4, 0.5) is 0 Å². The Balaban J connectivity index is 2.80. The van der Waals surface area contributed by atoms with Gasteiger partial charge in [0, 0.05) is 7.05 Å². The predicted molar refractivity (Wildman–Crippen MR) is 57.2 cm³/mol. The molecule has 0 fully saturated rings. The minimum Gasteiger partial charge on any atom is -0.480 e. The second-order valence-electron chi connectivity index (χ2n) is 3.53. The maximum absolute atomic E-state index is 11.7. The number of aromatic nitrogens is 2. The van der Waals surface area contributed by atoms with E-state index >= 15 is 0 Å². The molecule has 0 aliphatic heterocycles. The topological polar surface area (TPSA) is 84.2 Å². The molecule has 0 aliphatic carbocycles. The quantitative estimate of drug-likeness (QED) is 0.765. The molecule has 1 unspecified atom stereocenters. The van der Waals surface area contributed by atoms with Crippen LogP contribution in [0.1, 0.15) is 30.0 Å². The molecule has 6 nitrogen and oxygen atoms in total. The van der Waals surface area contributed by atoms with Gasteiger partial charge in [0.1, 0.15) is 11.7 Å². The van der Waals surface area contributed by atoms with Crippen molar-refractivity contribution >= 4 is 11.9 Å². The van der Waals surface area contributed by atoms with E-state index in [2.05, 4.69) is 10.4 Å². The number of nitrogens with one attached hydrogen (secondary N) is 1. The Kier molecular flexibility index (Phi) is 3.65. The molecule has 0 spiro atoms. The fourth-order valence-electron chi connectivity index (χ4n) is 1.24. The minimum atomic E-state index is -1.06. The summed E-state index contributed by atoms with van der Waals surface area (Å²) in [5.41, 5.74) is 1.17. The van der Waals surface area contributed by atoms with Crippen LogP contribution in [-0.4, -0.2) is 32.8 Å². The van der Waals surface area contributed by atoms with Gasteiger partial charge in [-0.05, 0) is 19.4 Å². The lowest BCUT2D eigenvalue weighted by Crippen LogP contribution is -2.39. The zero-order valence-corrected chi connectivity index (χ0v) is 9.52. The van der Waals surface area contributed by atoms with Gasteiger partial charge in [0.2, 0.25) is 0 Å². The second-order valence-corrected chi connectivity index (χ2v) is 3.53. The Morgan fingerprint density at radius 2 is 2.25 bits per heavy atom. The van der Waals surface area contributed by atoms with E-state index in [9.17, 15) is 9.59 Å². The minimum absolute atomic E-state index is 0.366. The molecule has 16 heavy (non-hydrogen) atoms. The number of carboxylic acid groups (broad SMARTS) is 1. The number of aryl methyl sites for hydroxylation is 2. The maximum atomic E-state index is 11.7. The van der Waals surface area contributed by atoms with Gasteiger partial charge in [-0.25, -0.2) is 0 Å². The van der Waals surface area contributed by atoms with Crippen molar-refractivity contribution in [2.45, 2.75) is 26.3 Å². The number of hydrogen-bond acceptors (Lipinski definition) is 3. The molecule has 0 aliphatic rings. The van der Waals surface area contributed by atoms with Gasteiger partial charge in [0.25, 0.3) is 5.91 Å². The van der Waals surface area contributed by atoms with Crippen molar-refractivity contribution in [3.05, 3.63) is 17.5 Å². The maximum Gasteiger partial charge on any atom is 0.325 e. The summed E-state index contributed by atoms with van der Waals surface area (Å²) < 4.78 is 1.45. The predicted octanol–water partition coefficient (Wildman–Crippen LogP) is 0.185. The molecule has 0 saturated heterocycles. The van der Waals surface area contributed by atoms with Crippen molar-refractivity contribution < 1.29 is 14.7 Å². The van der Waals surface area contributed by atoms with E-state index in [1.165, 1.54) is 11.6 Å². The molecule has 1 heterocycles. The number of carboxylic acids is 1. The Morgan fingerprint density at radius 1 is 1.62 bits per heavy atom. The van der Waals surface area contributed by atoms with Crippen molar-refractivity contribution in [2.75, 3.05) is 0 Å². The molecule has 1 aromatic rings. The number of hydrogen-bond donors (Lipinski definition) is 2. The lowest BCUT2D eigenvalue weighted by Gasteiger charge is -2.08. The molecule has 1 amide bonds. The van der Waals surface area contributed by atoms with Crippen LogP contribution in [0, 0.1) is 0 Å². The van der Waals surface area contributed by atoms with Crippen molar-refractivity contribution in [1.29, 1.82) is 0 Å². The van der Waals surface area contributed by atoms with Gasteiger partial charge in [-0.3, -0.25) is 14.3 Å². The van der Waals surface area contributed by atoms with Gasteiger partial charge in [-0.2, -0.15) is 5.10 Å². The highest BCUT2D eigenvalue weighted by atomic mass is 16.4. The van der Waals surface area contributed by atoms with E-state index in [-0.39, 0.29) is 0 Å². The molecule has 6 heteroatoms. The highest BCUT2D eigenvalue weighted by Crippen LogP contribution is 2.04. The Hall–Kier alpha value is -1.85.